The minimum absolute atomic E-state index is 0.000452. The average molecular weight is 377 g/mol. The summed E-state index contributed by atoms with van der Waals surface area (Å²) in [6.07, 6.45) is 0.830. The number of morpholine rings is 1. The van der Waals surface area contributed by atoms with Gasteiger partial charge in [-0.05, 0) is 30.2 Å². The third-order valence-corrected chi connectivity index (χ3v) is 6.39. The Labute approximate surface area is 166 Å². The lowest BCUT2D eigenvalue weighted by atomic mass is 9.83. The largest absolute Gasteiger partial charge is 0.378 e. The molecule has 2 fully saturated rings. The molecular weight excluding hydrogens is 350 g/mol. The van der Waals surface area contributed by atoms with Crippen LogP contribution >= 0.6 is 0 Å². The molecule has 5 rings (SSSR count). The van der Waals surface area contributed by atoms with Gasteiger partial charge in [0.2, 0.25) is 5.91 Å². The predicted octanol–water partition coefficient (Wildman–Crippen LogP) is 2.41. The summed E-state index contributed by atoms with van der Waals surface area (Å²) in [5.41, 5.74) is 3.86. The van der Waals surface area contributed by atoms with Crippen LogP contribution in [-0.4, -0.2) is 62.8 Å². The molecule has 2 aromatic carbocycles. The molecule has 5 nitrogen and oxygen atoms in total. The van der Waals surface area contributed by atoms with Crippen molar-refractivity contribution in [3.05, 3.63) is 60.2 Å². The van der Waals surface area contributed by atoms with Crippen LogP contribution in [0.4, 0.5) is 11.4 Å². The highest BCUT2D eigenvalue weighted by molar-refractivity contribution is 5.82. The maximum atomic E-state index is 13.5. The highest BCUT2D eigenvalue weighted by Gasteiger charge is 2.43. The summed E-state index contributed by atoms with van der Waals surface area (Å²) in [7, 11) is 0. The molecule has 28 heavy (non-hydrogen) atoms. The van der Waals surface area contributed by atoms with Crippen LogP contribution in [0, 0.1) is 5.92 Å². The van der Waals surface area contributed by atoms with Crippen molar-refractivity contribution < 1.29 is 9.53 Å². The van der Waals surface area contributed by atoms with E-state index in [1.807, 2.05) is 4.90 Å². The molecule has 0 saturated carbocycles. The summed E-state index contributed by atoms with van der Waals surface area (Å²) in [6.45, 7) is 5.55. The molecule has 146 valence electrons. The van der Waals surface area contributed by atoms with Crippen molar-refractivity contribution in [3.8, 4) is 0 Å². The Kier molecular flexibility index (Phi) is 4.69. The average Bonchev–Trinajstić information content (AvgIpc) is 2.79. The molecule has 0 aromatic heterocycles. The van der Waals surface area contributed by atoms with Crippen LogP contribution in [-0.2, 0) is 16.0 Å². The number of benzene rings is 2. The zero-order chi connectivity index (χ0) is 18.9. The summed E-state index contributed by atoms with van der Waals surface area (Å²) in [5.74, 6) is 0.294. The van der Waals surface area contributed by atoms with Gasteiger partial charge in [0, 0.05) is 44.1 Å². The van der Waals surface area contributed by atoms with Gasteiger partial charge in [-0.25, -0.2) is 0 Å². The fourth-order valence-electron chi connectivity index (χ4n) is 4.93. The van der Waals surface area contributed by atoms with E-state index in [0.29, 0.717) is 32.2 Å². The second kappa shape index (κ2) is 7.47. The number of hydrogen-bond acceptors (Lipinski definition) is 4. The van der Waals surface area contributed by atoms with Crippen LogP contribution < -0.4 is 9.80 Å². The van der Waals surface area contributed by atoms with Crippen LogP contribution in [0.1, 0.15) is 5.56 Å². The van der Waals surface area contributed by atoms with Gasteiger partial charge in [0.25, 0.3) is 0 Å². The highest BCUT2D eigenvalue weighted by atomic mass is 16.5. The molecule has 3 heterocycles. The van der Waals surface area contributed by atoms with Crippen molar-refractivity contribution in [2.75, 3.05) is 55.7 Å². The number of hydrogen-bond donors (Lipinski definition) is 0. The molecule has 2 aromatic rings. The zero-order valence-electron chi connectivity index (χ0n) is 16.2. The van der Waals surface area contributed by atoms with Gasteiger partial charge < -0.3 is 19.4 Å². The normalized spacial score (nSPS) is 24.5. The number of carbonyl (C=O) groups excluding carboxylic acids is 1. The third kappa shape index (κ3) is 3.14. The number of para-hydroxylation sites is 2. The van der Waals surface area contributed by atoms with Gasteiger partial charge in [-0.1, -0.05) is 36.4 Å². The van der Waals surface area contributed by atoms with E-state index in [-0.39, 0.29) is 12.0 Å². The van der Waals surface area contributed by atoms with Crippen molar-refractivity contribution in [2.45, 2.75) is 12.5 Å². The van der Waals surface area contributed by atoms with Crippen molar-refractivity contribution in [3.63, 3.8) is 0 Å². The van der Waals surface area contributed by atoms with Gasteiger partial charge in [-0.3, -0.25) is 4.79 Å². The maximum Gasteiger partial charge on any atom is 0.228 e. The Morgan fingerprint density at radius 2 is 1.64 bits per heavy atom. The number of carbonyl (C=O) groups is 1. The van der Waals surface area contributed by atoms with Crippen LogP contribution in [0.2, 0.25) is 0 Å². The lowest BCUT2D eigenvalue weighted by Crippen LogP contribution is -2.62. The van der Waals surface area contributed by atoms with E-state index in [0.717, 1.165) is 26.1 Å². The smallest absolute Gasteiger partial charge is 0.228 e. The fourth-order valence-corrected chi connectivity index (χ4v) is 4.93. The van der Waals surface area contributed by atoms with Crippen molar-refractivity contribution in [1.82, 2.24) is 4.90 Å². The number of nitrogens with zero attached hydrogens (tertiary/aromatic N) is 3. The minimum Gasteiger partial charge on any atom is -0.378 e. The number of fused-ring (bicyclic) bond motifs is 3. The Morgan fingerprint density at radius 3 is 2.46 bits per heavy atom. The first-order chi connectivity index (χ1) is 13.8. The molecule has 1 amide bonds. The molecule has 3 aliphatic rings. The van der Waals surface area contributed by atoms with Crippen molar-refractivity contribution in [1.29, 1.82) is 0 Å². The van der Waals surface area contributed by atoms with Gasteiger partial charge in [0.05, 0.1) is 25.2 Å². The van der Waals surface area contributed by atoms with Crippen LogP contribution in [0.3, 0.4) is 0 Å². The summed E-state index contributed by atoms with van der Waals surface area (Å²) in [5, 5.41) is 0. The van der Waals surface area contributed by atoms with Crippen LogP contribution in [0.25, 0.3) is 0 Å². The minimum atomic E-state index is -0.000452. The molecule has 3 aliphatic heterocycles. The first-order valence-electron chi connectivity index (χ1n) is 10.3. The van der Waals surface area contributed by atoms with Gasteiger partial charge in [0.15, 0.2) is 0 Å². The van der Waals surface area contributed by atoms with Gasteiger partial charge >= 0.3 is 0 Å². The van der Waals surface area contributed by atoms with Crippen molar-refractivity contribution in [2.24, 2.45) is 5.92 Å². The monoisotopic (exact) mass is 377 g/mol. The number of amides is 1. The molecule has 2 saturated heterocycles. The Morgan fingerprint density at radius 1 is 0.893 bits per heavy atom. The van der Waals surface area contributed by atoms with Crippen LogP contribution in [0.5, 0.6) is 0 Å². The number of piperazine rings is 1. The number of ether oxygens (including phenoxy) is 1. The standard InChI is InChI=1S/C23H27N3O2/c27-23(24-12-14-28-15-13-24)20-16-18-6-4-5-9-21(18)26-11-10-25(17-22(20)26)19-7-2-1-3-8-19/h1-9,20,22H,10-17H2/t20-,22+/m1/s1. The van der Waals surface area contributed by atoms with Crippen LogP contribution in [0.15, 0.2) is 54.6 Å². The first kappa shape index (κ1) is 17.6. The lowest BCUT2D eigenvalue weighted by Gasteiger charge is -2.50. The molecule has 0 spiro atoms. The predicted molar refractivity (Wildman–Crippen MR) is 111 cm³/mol. The summed E-state index contributed by atoms with van der Waals surface area (Å²) < 4.78 is 5.46. The Bertz CT molecular complexity index is 835. The quantitative estimate of drug-likeness (QED) is 0.805. The molecule has 0 radical (unpaired) electrons. The molecule has 0 aliphatic carbocycles. The van der Waals surface area contributed by atoms with Gasteiger partial charge in [-0.2, -0.15) is 0 Å². The zero-order valence-corrected chi connectivity index (χ0v) is 16.2. The first-order valence-corrected chi connectivity index (χ1v) is 10.3. The SMILES string of the molecule is O=C([C@@H]1Cc2ccccc2N2CCN(c3ccccc3)C[C@@H]12)N1CCOCC1. The molecule has 2 atom stereocenters. The Hall–Kier alpha value is -2.53. The topological polar surface area (TPSA) is 36.0 Å². The van der Waals surface area contributed by atoms with E-state index in [4.69, 9.17) is 4.74 Å². The fraction of sp³-hybridized carbons (Fsp3) is 0.435. The number of rotatable bonds is 2. The number of anilines is 2. The highest BCUT2D eigenvalue weighted by Crippen LogP contribution is 2.37. The van der Waals surface area contributed by atoms with E-state index in [9.17, 15) is 4.79 Å². The Balaban J connectivity index is 1.46. The van der Waals surface area contributed by atoms with Gasteiger partial charge in [-0.15, -0.1) is 0 Å². The third-order valence-electron chi connectivity index (χ3n) is 6.39. The molecule has 0 bridgehead atoms. The van der Waals surface area contributed by atoms with E-state index in [1.165, 1.54) is 16.9 Å². The molecule has 0 unspecified atom stereocenters. The van der Waals surface area contributed by atoms with Gasteiger partial charge in [0.1, 0.15) is 0 Å². The van der Waals surface area contributed by atoms with E-state index in [2.05, 4.69) is 64.4 Å². The van der Waals surface area contributed by atoms with E-state index < -0.39 is 0 Å². The summed E-state index contributed by atoms with van der Waals surface area (Å²) in [6, 6.07) is 19.4. The maximum absolute atomic E-state index is 13.5. The molecule has 0 N–H and O–H groups in total. The second-order valence-corrected chi connectivity index (χ2v) is 7.92. The van der Waals surface area contributed by atoms with Crippen molar-refractivity contribution >= 4 is 17.3 Å². The lowest BCUT2D eigenvalue weighted by molar-refractivity contribution is -0.140. The van der Waals surface area contributed by atoms with E-state index >= 15 is 0 Å². The molecular formula is C23H27N3O2. The summed E-state index contributed by atoms with van der Waals surface area (Å²) in [4.78, 5) is 20.4. The molecule has 5 heteroatoms. The van der Waals surface area contributed by atoms with E-state index in [1.54, 1.807) is 0 Å². The summed E-state index contributed by atoms with van der Waals surface area (Å²) >= 11 is 0. The second-order valence-electron chi connectivity index (χ2n) is 7.92.